The number of esters is 3. The number of hydrogen-bond donors (Lipinski definition) is 3. The number of unbranched alkanes of at least 4 members (excludes halogenated alkanes) is 16. The van der Waals surface area contributed by atoms with Gasteiger partial charge in [-0.05, 0) is 103 Å². The van der Waals surface area contributed by atoms with E-state index >= 15 is 0 Å². The summed E-state index contributed by atoms with van der Waals surface area (Å²) in [6, 6.07) is 0. The molecule has 0 aromatic carbocycles. The fourth-order valence-corrected chi connectivity index (χ4v) is 7.98. The Kier molecular flexibility index (Phi) is 45.8. The van der Waals surface area contributed by atoms with Gasteiger partial charge < -0.3 is 39.0 Å². The van der Waals surface area contributed by atoms with Crippen LogP contribution >= 0.6 is 0 Å². The summed E-state index contributed by atoms with van der Waals surface area (Å²) in [4.78, 5) is 51.0. The Bertz CT molecular complexity index is 1720. The van der Waals surface area contributed by atoms with Crippen LogP contribution in [-0.4, -0.2) is 89.2 Å². The molecule has 0 bridgehead atoms. The average Bonchev–Trinajstić information content (AvgIpc) is 3.39. The van der Waals surface area contributed by atoms with Crippen molar-refractivity contribution >= 4 is 23.9 Å². The summed E-state index contributed by atoms with van der Waals surface area (Å²) >= 11 is 0. The molecule has 1 heterocycles. The molecule has 6 unspecified atom stereocenters. The Morgan fingerprint density at radius 2 is 0.880 bits per heavy atom. The van der Waals surface area contributed by atoms with Gasteiger partial charge in [-0.15, -0.1) is 0 Å². The fourth-order valence-electron chi connectivity index (χ4n) is 7.98. The predicted molar refractivity (Wildman–Crippen MR) is 303 cm³/mol. The first-order valence-corrected chi connectivity index (χ1v) is 28.9. The van der Waals surface area contributed by atoms with Crippen LogP contribution in [-0.2, 0) is 42.9 Å². The molecule has 0 spiro atoms. The molecule has 12 heteroatoms. The molecule has 424 valence electrons. The zero-order chi connectivity index (χ0) is 54.7. The molecule has 0 aliphatic carbocycles. The van der Waals surface area contributed by atoms with E-state index in [1.807, 2.05) is 12.2 Å². The van der Waals surface area contributed by atoms with E-state index in [1.165, 1.54) is 25.7 Å². The number of aliphatic hydroxyl groups is 2. The van der Waals surface area contributed by atoms with Crippen molar-refractivity contribution in [3.8, 4) is 0 Å². The van der Waals surface area contributed by atoms with Gasteiger partial charge in [-0.1, -0.05) is 201 Å². The van der Waals surface area contributed by atoms with E-state index in [1.54, 1.807) is 6.08 Å². The second-order valence-corrected chi connectivity index (χ2v) is 19.2. The molecule has 1 fully saturated rings. The van der Waals surface area contributed by atoms with Gasteiger partial charge in [-0.3, -0.25) is 14.4 Å². The molecule has 0 aromatic rings. The minimum atomic E-state index is -1.92. The number of allylic oxidation sites excluding steroid dienone is 17. The van der Waals surface area contributed by atoms with Gasteiger partial charge in [-0.25, -0.2) is 4.79 Å². The highest BCUT2D eigenvalue weighted by atomic mass is 16.7. The van der Waals surface area contributed by atoms with Gasteiger partial charge >= 0.3 is 23.9 Å². The first kappa shape index (κ1) is 68.4. The SMILES string of the molecule is CC/C=C\C/C=C\C/C=C\C/C=C\C/C=C\CC(=O)OCC(COC1OC(C(=O)O)C(O)C(O)C1OC(=O)CCCCCCCCC/C=C\C/C=C\C/C=C\CC)OC(=O)CCCCCCC/C=C\CCCCCC. The molecule has 0 radical (unpaired) electrons. The monoisotopic (exact) mass is 1050 g/mol. The minimum absolute atomic E-state index is 0.0217. The van der Waals surface area contributed by atoms with Crippen molar-refractivity contribution in [1.82, 2.24) is 0 Å². The van der Waals surface area contributed by atoms with E-state index in [0.29, 0.717) is 19.3 Å². The molecule has 6 atom stereocenters. The first-order chi connectivity index (χ1) is 36.6. The fraction of sp³-hybridized carbons (Fsp3) is 0.651. The normalized spacial score (nSPS) is 19.0. The molecule has 12 nitrogen and oxygen atoms in total. The van der Waals surface area contributed by atoms with Crippen LogP contribution in [0.2, 0.25) is 0 Å². The van der Waals surface area contributed by atoms with Gasteiger partial charge in [0, 0.05) is 12.8 Å². The number of carbonyl (C=O) groups is 4. The van der Waals surface area contributed by atoms with Crippen LogP contribution < -0.4 is 0 Å². The Balaban J connectivity index is 2.76. The predicted octanol–water partition coefficient (Wildman–Crippen LogP) is 14.7. The molecule has 1 rings (SSSR count). The van der Waals surface area contributed by atoms with Crippen LogP contribution in [0.4, 0.5) is 0 Å². The topological polar surface area (TPSA) is 175 Å². The van der Waals surface area contributed by atoms with Gasteiger partial charge in [0.15, 0.2) is 24.6 Å². The van der Waals surface area contributed by atoms with Gasteiger partial charge in [-0.2, -0.15) is 0 Å². The molecular weight excluding hydrogens is 949 g/mol. The molecule has 3 N–H and O–H groups in total. The van der Waals surface area contributed by atoms with Gasteiger partial charge in [0.05, 0.1) is 13.0 Å². The standard InChI is InChI=1S/C63H100O12/c1-4-7-10-13-16-19-22-25-27-28-30-33-36-39-42-45-48-51-57(66)74-61-59(68)58(67)60(62(69)70)75-63(61)72-53-54(73-56(65)50-47-44-41-38-35-31-24-21-18-15-12-9-6-3)52-71-55(64)49-46-43-40-37-34-32-29-26-23-20-17-14-11-8-5-2/h7-8,10-11,16-17,19-21,24-27,29,34,37,43,46,54,58-61,63,67-68H,4-6,9,12-15,18,22-23,28,30-33,35-36,38-42,44-45,47-53H2,1-3H3,(H,69,70)/b10-7-,11-8-,19-16-,20-17-,24-21-,27-25-,29-26-,37-34-,46-43-. The summed E-state index contributed by atoms with van der Waals surface area (Å²) in [6.45, 7) is 5.64. The summed E-state index contributed by atoms with van der Waals surface area (Å²) in [5, 5.41) is 31.5. The van der Waals surface area contributed by atoms with Gasteiger partial charge in [0.25, 0.3) is 0 Å². The second kappa shape index (κ2) is 50.2. The van der Waals surface area contributed by atoms with Crippen LogP contribution in [0.1, 0.15) is 213 Å². The highest BCUT2D eigenvalue weighted by Crippen LogP contribution is 2.26. The number of ether oxygens (including phenoxy) is 5. The summed E-state index contributed by atoms with van der Waals surface area (Å²) < 4.78 is 28.3. The summed E-state index contributed by atoms with van der Waals surface area (Å²) in [6.07, 6.45) is 55.1. The van der Waals surface area contributed by atoms with Crippen molar-refractivity contribution in [2.24, 2.45) is 0 Å². The third-order valence-corrected chi connectivity index (χ3v) is 12.3. The molecule has 0 saturated carbocycles. The van der Waals surface area contributed by atoms with Crippen molar-refractivity contribution in [1.29, 1.82) is 0 Å². The van der Waals surface area contributed by atoms with Crippen LogP contribution in [0.15, 0.2) is 109 Å². The van der Waals surface area contributed by atoms with Crippen molar-refractivity contribution in [3.05, 3.63) is 109 Å². The second-order valence-electron chi connectivity index (χ2n) is 19.2. The third kappa shape index (κ3) is 40.3. The van der Waals surface area contributed by atoms with Crippen LogP contribution in [0, 0.1) is 0 Å². The van der Waals surface area contributed by atoms with Crippen molar-refractivity contribution in [2.75, 3.05) is 13.2 Å². The Hall–Kier alpha value is -4.62. The quantitative estimate of drug-likeness (QED) is 0.0228. The molecule has 0 aromatic heterocycles. The average molecular weight is 1050 g/mol. The summed E-state index contributed by atoms with van der Waals surface area (Å²) in [5.41, 5.74) is 0. The van der Waals surface area contributed by atoms with Crippen molar-refractivity contribution in [3.63, 3.8) is 0 Å². The summed E-state index contributed by atoms with van der Waals surface area (Å²) in [5.74, 6) is -3.32. The molecule has 75 heavy (non-hydrogen) atoms. The lowest BCUT2D eigenvalue weighted by atomic mass is 9.98. The van der Waals surface area contributed by atoms with Crippen LogP contribution in [0.3, 0.4) is 0 Å². The number of carboxylic acid groups (broad SMARTS) is 1. The van der Waals surface area contributed by atoms with E-state index in [2.05, 4.69) is 112 Å². The highest BCUT2D eigenvalue weighted by molar-refractivity contribution is 5.74. The molecule has 1 aliphatic heterocycles. The number of rotatable bonds is 47. The molecule has 0 amide bonds. The smallest absolute Gasteiger partial charge is 0.335 e. The molecular formula is C63H100O12. The number of aliphatic carboxylic acids is 1. The zero-order valence-corrected chi connectivity index (χ0v) is 46.5. The summed E-state index contributed by atoms with van der Waals surface area (Å²) in [7, 11) is 0. The highest BCUT2D eigenvalue weighted by Gasteiger charge is 2.50. The van der Waals surface area contributed by atoms with Gasteiger partial charge in [0.1, 0.15) is 18.8 Å². The van der Waals surface area contributed by atoms with E-state index < -0.39 is 67.3 Å². The maximum atomic E-state index is 13.1. The largest absolute Gasteiger partial charge is 0.479 e. The van der Waals surface area contributed by atoms with Crippen molar-refractivity contribution in [2.45, 2.75) is 250 Å². The lowest BCUT2D eigenvalue weighted by Crippen LogP contribution is -2.61. The minimum Gasteiger partial charge on any atom is -0.479 e. The lowest BCUT2D eigenvalue weighted by Gasteiger charge is -2.40. The first-order valence-electron chi connectivity index (χ1n) is 28.9. The van der Waals surface area contributed by atoms with Crippen LogP contribution in [0.25, 0.3) is 0 Å². The Labute approximate surface area is 453 Å². The van der Waals surface area contributed by atoms with Crippen molar-refractivity contribution < 1.29 is 58.2 Å². The van der Waals surface area contributed by atoms with E-state index in [9.17, 15) is 34.5 Å². The number of aliphatic hydroxyl groups excluding tert-OH is 2. The Morgan fingerprint density at radius 3 is 1.36 bits per heavy atom. The number of carboxylic acids is 1. The van der Waals surface area contributed by atoms with Crippen LogP contribution in [0.5, 0.6) is 0 Å². The van der Waals surface area contributed by atoms with E-state index in [0.717, 1.165) is 128 Å². The number of carbonyl (C=O) groups excluding carboxylic acids is 3. The molecule has 1 saturated heterocycles. The lowest BCUT2D eigenvalue weighted by molar-refractivity contribution is -0.301. The van der Waals surface area contributed by atoms with Gasteiger partial charge in [0.2, 0.25) is 0 Å². The Morgan fingerprint density at radius 1 is 0.467 bits per heavy atom. The molecule has 1 aliphatic rings. The zero-order valence-electron chi connectivity index (χ0n) is 46.5. The maximum absolute atomic E-state index is 13.1. The third-order valence-electron chi connectivity index (χ3n) is 12.3. The number of hydrogen-bond acceptors (Lipinski definition) is 11. The van der Waals surface area contributed by atoms with E-state index in [-0.39, 0.29) is 25.9 Å². The van der Waals surface area contributed by atoms with E-state index in [4.69, 9.17) is 23.7 Å². The maximum Gasteiger partial charge on any atom is 0.335 e.